The van der Waals surface area contributed by atoms with E-state index in [4.69, 9.17) is 4.74 Å². The van der Waals surface area contributed by atoms with E-state index in [-0.39, 0.29) is 5.75 Å². The van der Waals surface area contributed by atoms with Crippen LogP contribution < -0.4 is 4.74 Å². The van der Waals surface area contributed by atoms with Gasteiger partial charge in [-0.15, -0.1) is 0 Å². The summed E-state index contributed by atoms with van der Waals surface area (Å²) >= 11 is 0. The number of phenols is 1. The van der Waals surface area contributed by atoms with E-state index in [0.29, 0.717) is 12.4 Å². The topological polar surface area (TPSA) is 32.7 Å². The summed E-state index contributed by atoms with van der Waals surface area (Å²) < 4.78 is 5.42. The zero-order valence-corrected chi connectivity index (χ0v) is 11.4. The molecule has 0 radical (unpaired) electrons. The number of aromatic hydroxyl groups is 1. The van der Waals surface area contributed by atoms with Gasteiger partial charge in [-0.2, -0.15) is 0 Å². The van der Waals surface area contributed by atoms with Crippen LogP contribution in [0.5, 0.6) is 11.5 Å². The lowest BCUT2D eigenvalue weighted by molar-refractivity contribution is 0.306. The molecule has 2 rings (SSSR count). The lowest BCUT2D eigenvalue weighted by atomic mass is 10.1. The van der Waals surface area contributed by atoms with Gasteiger partial charge in [0.1, 0.15) is 0 Å². The van der Waals surface area contributed by atoms with Crippen molar-refractivity contribution in [3.05, 3.63) is 23.8 Å². The lowest BCUT2D eigenvalue weighted by Gasteiger charge is -2.16. The summed E-state index contributed by atoms with van der Waals surface area (Å²) in [5, 5.41) is 9.67. The van der Waals surface area contributed by atoms with Crippen molar-refractivity contribution in [1.82, 2.24) is 4.90 Å². The molecule has 0 amide bonds. The maximum atomic E-state index is 9.67. The Labute approximate surface area is 109 Å². The number of hydrogen-bond donors (Lipinski definition) is 1. The monoisotopic (exact) mass is 249 g/mol. The highest BCUT2D eigenvalue weighted by atomic mass is 16.5. The molecule has 1 N–H and O–H groups in total. The van der Waals surface area contributed by atoms with Gasteiger partial charge in [0.05, 0.1) is 6.61 Å². The van der Waals surface area contributed by atoms with E-state index in [1.165, 1.54) is 31.5 Å². The minimum absolute atomic E-state index is 0.230. The Morgan fingerprint density at radius 3 is 2.89 bits per heavy atom. The van der Waals surface area contributed by atoms with Crippen LogP contribution >= 0.6 is 0 Å². The van der Waals surface area contributed by atoms with Crippen LogP contribution in [0, 0.1) is 5.92 Å². The molecule has 3 nitrogen and oxygen atoms in total. The van der Waals surface area contributed by atoms with Crippen LogP contribution in [0.15, 0.2) is 18.2 Å². The summed E-state index contributed by atoms with van der Waals surface area (Å²) in [5.74, 6) is 1.68. The SMILES string of the molecule is CCOc1cc(CN2CCC(CC)C2)ccc1O. The third kappa shape index (κ3) is 3.16. The number of nitrogens with zero attached hydrogens (tertiary/aromatic N) is 1. The van der Waals surface area contributed by atoms with Gasteiger partial charge in [-0.1, -0.05) is 19.4 Å². The molecule has 100 valence electrons. The lowest BCUT2D eigenvalue weighted by Crippen LogP contribution is -2.19. The second-order valence-corrected chi connectivity index (χ2v) is 5.03. The first-order chi connectivity index (χ1) is 8.72. The van der Waals surface area contributed by atoms with Crippen LogP contribution in [0.2, 0.25) is 0 Å². The number of ether oxygens (including phenoxy) is 1. The molecule has 1 saturated heterocycles. The molecule has 0 saturated carbocycles. The molecule has 1 aromatic carbocycles. The van der Waals surface area contributed by atoms with E-state index in [9.17, 15) is 5.11 Å². The second kappa shape index (κ2) is 6.10. The number of rotatable bonds is 5. The summed E-state index contributed by atoms with van der Waals surface area (Å²) in [6, 6.07) is 5.67. The van der Waals surface area contributed by atoms with Gasteiger partial charge in [-0.3, -0.25) is 4.90 Å². The number of hydrogen-bond acceptors (Lipinski definition) is 3. The normalized spacial score (nSPS) is 20.2. The minimum Gasteiger partial charge on any atom is -0.504 e. The van der Waals surface area contributed by atoms with E-state index < -0.39 is 0 Å². The second-order valence-electron chi connectivity index (χ2n) is 5.03. The summed E-state index contributed by atoms with van der Waals surface area (Å²) in [6.45, 7) is 8.11. The third-order valence-corrected chi connectivity index (χ3v) is 3.68. The fraction of sp³-hybridized carbons (Fsp3) is 0.600. The van der Waals surface area contributed by atoms with Crippen molar-refractivity contribution in [2.24, 2.45) is 5.92 Å². The minimum atomic E-state index is 0.230. The maximum Gasteiger partial charge on any atom is 0.161 e. The molecule has 1 fully saturated rings. The van der Waals surface area contributed by atoms with Gasteiger partial charge in [-0.25, -0.2) is 0 Å². The van der Waals surface area contributed by atoms with Crippen LogP contribution in [-0.2, 0) is 6.54 Å². The molecule has 1 aromatic rings. The zero-order chi connectivity index (χ0) is 13.0. The Morgan fingerprint density at radius 1 is 1.39 bits per heavy atom. The van der Waals surface area contributed by atoms with E-state index in [1.54, 1.807) is 6.07 Å². The van der Waals surface area contributed by atoms with Crippen LogP contribution in [-0.4, -0.2) is 29.7 Å². The van der Waals surface area contributed by atoms with Crippen molar-refractivity contribution in [2.45, 2.75) is 33.2 Å². The number of benzene rings is 1. The van der Waals surface area contributed by atoms with Gasteiger partial charge < -0.3 is 9.84 Å². The molecular formula is C15H23NO2. The van der Waals surface area contributed by atoms with Crippen LogP contribution in [0.25, 0.3) is 0 Å². The smallest absolute Gasteiger partial charge is 0.161 e. The standard InChI is InChI=1S/C15H23NO2/c1-3-12-7-8-16(10-12)11-13-5-6-14(17)15(9-13)18-4-2/h5-6,9,12,17H,3-4,7-8,10-11H2,1-2H3. The first-order valence-corrected chi connectivity index (χ1v) is 6.90. The average Bonchev–Trinajstić information content (AvgIpc) is 2.81. The van der Waals surface area contributed by atoms with E-state index in [0.717, 1.165) is 12.5 Å². The molecule has 1 aliphatic rings. The molecular weight excluding hydrogens is 226 g/mol. The first kappa shape index (κ1) is 13.2. The van der Waals surface area contributed by atoms with Gasteiger partial charge in [0.15, 0.2) is 11.5 Å². The largest absolute Gasteiger partial charge is 0.504 e. The van der Waals surface area contributed by atoms with Crippen LogP contribution in [0.1, 0.15) is 32.3 Å². The number of likely N-dealkylation sites (tertiary alicyclic amines) is 1. The highest BCUT2D eigenvalue weighted by Gasteiger charge is 2.20. The van der Waals surface area contributed by atoms with Crippen molar-refractivity contribution in [3.8, 4) is 11.5 Å². The van der Waals surface area contributed by atoms with Crippen LogP contribution in [0.4, 0.5) is 0 Å². The van der Waals surface area contributed by atoms with Gasteiger partial charge in [0.2, 0.25) is 0 Å². The Morgan fingerprint density at radius 2 is 2.22 bits per heavy atom. The Bertz CT molecular complexity index is 392. The van der Waals surface area contributed by atoms with Gasteiger partial charge >= 0.3 is 0 Å². The molecule has 3 heteroatoms. The fourth-order valence-electron chi connectivity index (χ4n) is 2.58. The maximum absolute atomic E-state index is 9.67. The van der Waals surface area contributed by atoms with Crippen LogP contribution in [0.3, 0.4) is 0 Å². The molecule has 0 aromatic heterocycles. The van der Waals surface area contributed by atoms with Crippen molar-refractivity contribution in [1.29, 1.82) is 0 Å². The molecule has 1 heterocycles. The van der Waals surface area contributed by atoms with E-state index >= 15 is 0 Å². The van der Waals surface area contributed by atoms with Gasteiger partial charge in [-0.05, 0) is 43.5 Å². The molecule has 1 atom stereocenters. The molecule has 0 spiro atoms. The predicted octanol–water partition coefficient (Wildman–Crippen LogP) is 3.02. The Kier molecular flexibility index (Phi) is 4.48. The quantitative estimate of drug-likeness (QED) is 0.870. The van der Waals surface area contributed by atoms with Gasteiger partial charge in [0, 0.05) is 13.1 Å². The van der Waals surface area contributed by atoms with Crippen molar-refractivity contribution in [2.75, 3.05) is 19.7 Å². The molecule has 0 bridgehead atoms. The summed E-state index contributed by atoms with van der Waals surface area (Å²) in [7, 11) is 0. The Hall–Kier alpha value is -1.22. The summed E-state index contributed by atoms with van der Waals surface area (Å²) in [6.07, 6.45) is 2.59. The highest BCUT2D eigenvalue weighted by molar-refractivity contribution is 5.41. The molecule has 1 aliphatic heterocycles. The van der Waals surface area contributed by atoms with Crippen molar-refractivity contribution >= 4 is 0 Å². The predicted molar refractivity (Wildman–Crippen MR) is 73.0 cm³/mol. The molecule has 18 heavy (non-hydrogen) atoms. The third-order valence-electron chi connectivity index (χ3n) is 3.68. The molecule has 1 unspecified atom stereocenters. The summed E-state index contributed by atoms with van der Waals surface area (Å²) in [4.78, 5) is 2.48. The van der Waals surface area contributed by atoms with Crippen molar-refractivity contribution < 1.29 is 9.84 Å². The fourth-order valence-corrected chi connectivity index (χ4v) is 2.58. The van der Waals surface area contributed by atoms with E-state index in [2.05, 4.69) is 11.8 Å². The van der Waals surface area contributed by atoms with E-state index in [1.807, 2.05) is 19.1 Å². The molecule has 0 aliphatic carbocycles. The first-order valence-electron chi connectivity index (χ1n) is 6.90. The number of phenolic OH excluding ortho intramolecular Hbond substituents is 1. The van der Waals surface area contributed by atoms with Gasteiger partial charge in [0.25, 0.3) is 0 Å². The average molecular weight is 249 g/mol. The Balaban J connectivity index is 1.99. The summed E-state index contributed by atoms with van der Waals surface area (Å²) in [5.41, 5.74) is 1.22. The van der Waals surface area contributed by atoms with Crippen molar-refractivity contribution in [3.63, 3.8) is 0 Å². The zero-order valence-electron chi connectivity index (χ0n) is 11.4. The highest BCUT2D eigenvalue weighted by Crippen LogP contribution is 2.28.